The maximum Gasteiger partial charge on any atom is 0.276 e. The second kappa shape index (κ2) is 6.72. The fourth-order valence-corrected chi connectivity index (χ4v) is 3.61. The summed E-state index contributed by atoms with van der Waals surface area (Å²) >= 11 is 0. The zero-order valence-corrected chi connectivity index (χ0v) is 15.3. The molecule has 0 saturated heterocycles. The van der Waals surface area contributed by atoms with Crippen LogP contribution in [0, 0.1) is 13.8 Å². The van der Waals surface area contributed by atoms with Crippen LogP contribution in [0.15, 0.2) is 58.7 Å². The Bertz CT molecular complexity index is 1050. The van der Waals surface area contributed by atoms with Gasteiger partial charge in [-0.25, -0.2) is 4.83 Å². The summed E-state index contributed by atoms with van der Waals surface area (Å²) in [5, 5.41) is 5.00. The largest absolute Gasteiger partial charge is 0.347 e. The number of benzene rings is 2. The normalized spacial score (nSPS) is 12.1. The predicted octanol–water partition coefficient (Wildman–Crippen LogP) is 3.59. The highest BCUT2D eigenvalue weighted by Gasteiger charge is 2.13. The van der Waals surface area contributed by atoms with E-state index in [-0.39, 0.29) is 4.90 Å². The summed E-state index contributed by atoms with van der Waals surface area (Å²) in [6.45, 7) is 6.73. The van der Waals surface area contributed by atoms with E-state index in [0.717, 1.165) is 34.1 Å². The van der Waals surface area contributed by atoms with Crippen LogP contribution in [0.2, 0.25) is 0 Å². The number of sulfonamides is 1. The molecule has 0 aliphatic rings. The Labute approximate surface area is 148 Å². The lowest BCUT2D eigenvalue weighted by atomic mass is 10.1. The minimum Gasteiger partial charge on any atom is -0.347 e. The molecule has 1 heterocycles. The van der Waals surface area contributed by atoms with E-state index in [1.165, 1.54) is 0 Å². The van der Waals surface area contributed by atoms with Gasteiger partial charge in [0.2, 0.25) is 0 Å². The van der Waals surface area contributed by atoms with Gasteiger partial charge in [-0.05, 0) is 50.1 Å². The quantitative estimate of drug-likeness (QED) is 0.561. The minimum absolute atomic E-state index is 0.212. The zero-order chi connectivity index (χ0) is 18.0. The van der Waals surface area contributed by atoms with Gasteiger partial charge in [0.1, 0.15) is 0 Å². The Balaban J connectivity index is 1.87. The van der Waals surface area contributed by atoms with E-state index in [1.807, 2.05) is 44.3 Å². The zero-order valence-electron chi connectivity index (χ0n) is 14.5. The lowest BCUT2D eigenvalue weighted by Crippen LogP contribution is -2.18. The third-order valence-electron chi connectivity index (χ3n) is 4.33. The number of rotatable bonds is 5. The molecule has 6 heteroatoms. The maximum absolute atomic E-state index is 12.4. The third kappa shape index (κ3) is 3.44. The second-order valence-corrected chi connectivity index (χ2v) is 7.65. The summed E-state index contributed by atoms with van der Waals surface area (Å²) in [5.41, 5.74) is 3.96. The lowest BCUT2D eigenvalue weighted by molar-refractivity contribution is 0.584. The summed E-state index contributed by atoms with van der Waals surface area (Å²) in [4.78, 5) is 2.51. The van der Waals surface area contributed by atoms with Crippen LogP contribution >= 0.6 is 0 Å². The Hall–Kier alpha value is -2.60. The molecule has 5 nitrogen and oxygen atoms in total. The minimum atomic E-state index is -3.68. The highest BCUT2D eigenvalue weighted by atomic mass is 32.2. The average Bonchev–Trinajstić information content (AvgIpc) is 2.95. The molecule has 0 atom stereocenters. The number of hydrogen-bond acceptors (Lipinski definition) is 3. The second-order valence-electron chi connectivity index (χ2n) is 5.99. The summed E-state index contributed by atoms with van der Waals surface area (Å²) in [5.74, 6) is 0. The number of aryl methyl sites for hydroxylation is 3. The molecule has 0 saturated carbocycles. The molecule has 3 aromatic rings. The number of aromatic nitrogens is 1. The van der Waals surface area contributed by atoms with Crippen LogP contribution in [0.1, 0.15) is 23.6 Å². The van der Waals surface area contributed by atoms with E-state index < -0.39 is 10.0 Å². The van der Waals surface area contributed by atoms with Crippen LogP contribution in [-0.2, 0) is 16.6 Å². The van der Waals surface area contributed by atoms with Crippen molar-refractivity contribution in [3.63, 3.8) is 0 Å². The van der Waals surface area contributed by atoms with Gasteiger partial charge in [0.25, 0.3) is 10.0 Å². The fourth-order valence-electron chi connectivity index (χ4n) is 2.74. The molecule has 0 aliphatic carbocycles. The molecule has 2 aromatic carbocycles. The number of hydrogen-bond donors (Lipinski definition) is 1. The summed E-state index contributed by atoms with van der Waals surface area (Å²) < 4.78 is 26.9. The molecule has 1 aromatic heterocycles. The first-order valence-electron chi connectivity index (χ1n) is 8.12. The van der Waals surface area contributed by atoms with Crippen LogP contribution in [-0.4, -0.2) is 19.2 Å². The van der Waals surface area contributed by atoms with E-state index >= 15 is 0 Å². The molecule has 25 heavy (non-hydrogen) atoms. The van der Waals surface area contributed by atoms with E-state index in [2.05, 4.69) is 21.4 Å². The van der Waals surface area contributed by atoms with Crippen molar-refractivity contribution < 1.29 is 8.42 Å². The van der Waals surface area contributed by atoms with Gasteiger partial charge in [-0.2, -0.15) is 13.5 Å². The van der Waals surface area contributed by atoms with Crippen molar-refractivity contribution in [3.8, 4) is 0 Å². The van der Waals surface area contributed by atoms with Crippen LogP contribution in [0.4, 0.5) is 0 Å². The van der Waals surface area contributed by atoms with Crippen molar-refractivity contribution in [1.29, 1.82) is 0 Å². The van der Waals surface area contributed by atoms with Crippen molar-refractivity contribution in [2.45, 2.75) is 32.2 Å². The number of fused-ring (bicyclic) bond motifs is 1. The fraction of sp³-hybridized carbons (Fsp3) is 0.211. The van der Waals surface area contributed by atoms with Crippen LogP contribution < -0.4 is 4.83 Å². The molecule has 3 rings (SSSR count). The predicted molar refractivity (Wildman–Crippen MR) is 101 cm³/mol. The van der Waals surface area contributed by atoms with Crippen molar-refractivity contribution in [3.05, 3.63) is 65.4 Å². The topological polar surface area (TPSA) is 63.5 Å². The summed E-state index contributed by atoms with van der Waals surface area (Å²) in [6.07, 6.45) is 3.52. The molecule has 0 fully saturated rings. The third-order valence-corrected chi connectivity index (χ3v) is 5.55. The van der Waals surface area contributed by atoms with Gasteiger partial charge >= 0.3 is 0 Å². The van der Waals surface area contributed by atoms with Gasteiger partial charge in [0.05, 0.1) is 11.1 Å². The molecule has 0 bridgehead atoms. The van der Waals surface area contributed by atoms with Gasteiger partial charge in [-0.15, -0.1) is 0 Å². The molecule has 1 N–H and O–H groups in total. The van der Waals surface area contributed by atoms with Crippen LogP contribution in [0.3, 0.4) is 0 Å². The Morgan fingerprint density at radius 1 is 1.12 bits per heavy atom. The molecule has 0 amide bonds. The number of nitrogens with one attached hydrogen (secondary N) is 1. The molecule has 130 valence electrons. The van der Waals surface area contributed by atoms with Gasteiger partial charge in [0, 0.05) is 29.2 Å². The summed E-state index contributed by atoms with van der Waals surface area (Å²) in [7, 11) is -3.68. The van der Waals surface area contributed by atoms with Gasteiger partial charge in [-0.1, -0.05) is 24.3 Å². The van der Waals surface area contributed by atoms with Crippen LogP contribution in [0.5, 0.6) is 0 Å². The molecular weight excluding hydrogens is 334 g/mol. The highest BCUT2D eigenvalue weighted by molar-refractivity contribution is 7.89. The van der Waals surface area contributed by atoms with E-state index in [9.17, 15) is 8.42 Å². The van der Waals surface area contributed by atoms with E-state index in [0.29, 0.717) is 0 Å². The Kier molecular flexibility index (Phi) is 4.63. The Morgan fingerprint density at radius 3 is 2.60 bits per heavy atom. The average molecular weight is 355 g/mol. The van der Waals surface area contributed by atoms with Gasteiger partial charge in [0.15, 0.2) is 0 Å². The van der Waals surface area contributed by atoms with E-state index in [4.69, 9.17) is 0 Å². The van der Waals surface area contributed by atoms with Crippen molar-refractivity contribution in [2.75, 3.05) is 0 Å². The number of hydrazone groups is 1. The molecule has 0 aliphatic heterocycles. The smallest absolute Gasteiger partial charge is 0.276 e. The molecule has 0 spiro atoms. The van der Waals surface area contributed by atoms with Crippen molar-refractivity contribution in [2.24, 2.45) is 5.10 Å². The SMILES string of the molecule is CCn1cc(/C=N/NS(=O)(=O)c2ccc(C)c(C)c2)c2ccccc21. The van der Waals surface area contributed by atoms with Gasteiger partial charge < -0.3 is 4.57 Å². The number of para-hydroxylation sites is 1. The summed E-state index contributed by atoms with van der Waals surface area (Å²) in [6, 6.07) is 13.0. The van der Waals surface area contributed by atoms with Gasteiger partial charge in [-0.3, -0.25) is 0 Å². The van der Waals surface area contributed by atoms with Crippen molar-refractivity contribution >= 4 is 27.1 Å². The first-order chi connectivity index (χ1) is 11.9. The first-order valence-corrected chi connectivity index (χ1v) is 9.60. The van der Waals surface area contributed by atoms with Crippen molar-refractivity contribution in [1.82, 2.24) is 9.40 Å². The first kappa shape index (κ1) is 17.2. The molecule has 0 unspecified atom stereocenters. The molecular formula is C19H21N3O2S. The van der Waals surface area contributed by atoms with E-state index in [1.54, 1.807) is 24.4 Å². The maximum atomic E-state index is 12.4. The number of nitrogens with zero attached hydrogens (tertiary/aromatic N) is 2. The monoisotopic (exact) mass is 355 g/mol. The standard InChI is InChI=1S/C19H21N3O2S/c1-4-22-13-16(18-7-5-6-8-19(18)22)12-20-21-25(23,24)17-10-9-14(2)15(3)11-17/h5-13,21H,4H2,1-3H3/b20-12+. The Morgan fingerprint density at radius 2 is 1.88 bits per heavy atom. The van der Waals surface area contributed by atoms with Crippen LogP contribution in [0.25, 0.3) is 10.9 Å². The lowest BCUT2D eigenvalue weighted by Gasteiger charge is -2.06. The molecule has 0 radical (unpaired) electrons. The highest BCUT2D eigenvalue weighted by Crippen LogP contribution is 2.20.